The van der Waals surface area contributed by atoms with Crippen molar-refractivity contribution in [3.8, 4) is 0 Å². The lowest BCUT2D eigenvalue weighted by Gasteiger charge is -2.31. The number of hydrogen-bond donors (Lipinski definition) is 4. The van der Waals surface area contributed by atoms with Crippen LogP contribution in [0.15, 0.2) is 22.8 Å². The zero-order chi connectivity index (χ0) is 34.1. The maximum atomic E-state index is 13.7. The molecule has 284 valence electrons. The molecule has 3 fully saturated rings. The largest absolute Gasteiger partial charge is 0.459 e. The molecule has 0 aromatic carbocycles. The Morgan fingerprint density at radius 2 is 1.42 bits per heavy atom. The monoisotopic (exact) mass is 743 g/mol. The predicted octanol–water partition coefficient (Wildman–Crippen LogP) is 2.86. The number of nitrogens with one attached hydrogen (secondary N) is 3. The maximum absolute atomic E-state index is 13.7. The summed E-state index contributed by atoms with van der Waals surface area (Å²) in [6.07, 6.45) is 15.4. The maximum Gasteiger partial charge on any atom is 0.296 e. The Balaban J connectivity index is 0.00000433. The summed E-state index contributed by atoms with van der Waals surface area (Å²) in [4.78, 5) is 72.0. The zero-order valence-electron chi connectivity index (χ0n) is 29.4. The molecule has 15 heteroatoms. The molecule has 5 amide bonds. The smallest absolute Gasteiger partial charge is 0.296 e. The third-order valence-electron chi connectivity index (χ3n) is 9.92. The van der Waals surface area contributed by atoms with Gasteiger partial charge in [-0.15, -0.1) is 24.8 Å². The zero-order valence-corrected chi connectivity index (χ0v) is 31.0. The van der Waals surface area contributed by atoms with E-state index in [1.165, 1.54) is 31.6 Å². The third kappa shape index (κ3) is 14.5. The van der Waals surface area contributed by atoms with Gasteiger partial charge in [0.1, 0.15) is 6.04 Å². The Labute approximate surface area is 309 Å². The van der Waals surface area contributed by atoms with Crippen molar-refractivity contribution in [3.63, 3.8) is 0 Å². The summed E-state index contributed by atoms with van der Waals surface area (Å²) in [5, 5.41) is 8.05. The molecule has 0 radical (unpaired) electrons. The number of imide groups is 1. The molecule has 13 nitrogen and oxygen atoms in total. The highest BCUT2D eigenvalue weighted by atomic mass is 35.5. The quantitative estimate of drug-likeness (QED) is 0.187. The molecule has 50 heavy (non-hydrogen) atoms. The van der Waals surface area contributed by atoms with E-state index in [4.69, 9.17) is 10.2 Å². The second-order valence-corrected chi connectivity index (χ2v) is 13.6. The summed E-state index contributed by atoms with van der Waals surface area (Å²) in [6, 6.07) is 1.20. The Kier molecular flexibility index (Phi) is 20.6. The summed E-state index contributed by atoms with van der Waals surface area (Å²) in [6.45, 7) is 4.94. The molecule has 0 unspecified atom stereocenters. The number of carbonyl (C=O) groups is 5. The first-order valence-corrected chi connectivity index (χ1v) is 18.2. The lowest BCUT2D eigenvalue weighted by molar-refractivity contribution is -0.138. The lowest BCUT2D eigenvalue weighted by atomic mass is 9.85. The Bertz CT molecular complexity index is 1170. The number of piperidine rings is 2. The molecule has 1 saturated carbocycles. The number of hydrogen-bond acceptors (Lipinski definition) is 9. The van der Waals surface area contributed by atoms with Crippen LogP contribution in [0, 0.1) is 5.92 Å². The number of likely N-dealkylation sites (tertiary alicyclic amines) is 2. The number of nitrogens with two attached hydrogens (primary N) is 1. The van der Waals surface area contributed by atoms with Crippen LogP contribution in [0.5, 0.6) is 0 Å². The number of amides is 5. The van der Waals surface area contributed by atoms with Gasteiger partial charge < -0.3 is 35.9 Å². The summed E-state index contributed by atoms with van der Waals surface area (Å²) in [5.41, 5.74) is 6.11. The van der Waals surface area contributed by atoms with Crippen molar-refractivity contribution >= 4 is 54.3 Å². The van der Waals surface area contributed by atoms with Crippen LogP contribution in [0.2, 0.25) is 0 Å². The molecule has 5 N–H and O–H groups in total. The van der Waals surface area contributed by atoms with Gasteiger partial charge in [0.05, 0.1) is 25.4 Å². The standard InChI is InChI=1S/C35H57N7O6.2ClH/c36-28(24-27-12-4-1-5-13-27)33(45)39-25-31(43)38-26-32(44)42(35(47)30-15-11-23-48-30)29(14-10-21-40-17-6-2-7-18-40)34(46)37-16-22-41-19-8-3-9-20-41;;/h11,15,23,27-29H,1-10,12-14,16-22,24-26,36H2,(H,37,46)(H,38,43)(H,39,45);2*1H/t28-,29-;;/m0../s1. The van der Waals surface area contributed by atoms with Crippen molar-refractivity contribution < 1.29 is 28.4 Å². The average Bonchev–Trinajstić information content (AvgIpc) is 3.66. The SMILES string of the molecule is Cl.Cl.N[C@@H](CC1CCCCC1)C(=O)NCC(=O)NCC(=O)N(C(=O)c1ccco1)[C@@H](CCCN1CCCCC1)C(=O)NCCN1CCCCC1. The first kappa shape index (κ1) is 43.5. The summed E-state index contributed by atoms with van der Waals surface area (Å²) in [5.74, 6) is -2.56. The second-order valence-electron chi connectivity index (χ2n) is 13.6. The number of furan rings is 1. The van der Waals surface area contributed by atoms with E-state index >= 15 is 0 Å². The van der Waals surface area contributed by atoms with Gasteiger partial charge in [-0.25, -0.2) is 0 Å². The van der Waals surface area contributed by atoms with Gasteiger partial charge in [0.25, 0.3) is 5.91 Å². The molecule has 0 bridgehead atoms. The van der Waals surface area contributed by atoms with Crippen LogP contribution >= 0.6 is 24.8 Å². The molecule has 3 aliphatic rings. The Hall–Kier alpha value is -2.71. The van der Waals surface area contributed by atoms with E-state index in [1.807, 2.05) is 0 Å². The van der Waals surface area contributed by atoms with Crippen molar-refractivity contribution in [1.82, 2.24) is 30.7 Å². The number of rotatable bonds is 17. The van der Waals surface area contributed by atoms with Crippen LogP contribution in [-0.2, 0) is 19.2 Å². The second kappa shape index (κ2) is 23.7. The van der Waals surface area contributed by atoms with E-state index in [2.05, 4.69) is 25.8 Å². The van der Waals surface area contributed by atoms with Gasteiger partial charge in [-0.1, -0.05) is 44.9 Å². The first-order chi connectivity index (χ1) is 23.3. The van der Waals surface area contributed by atoms with Gasteiger partial charge in [0.15, 0.2) is 5.76 Å². The molecule has 2 saturated heterocycles. The minimum absolute atomic E-state index is 0. The minimum atomic E-state index is -1.09. The number of halogens is 2. The van der Waals surface area contributed by atoms with E-state index in [-0.39, 0.29) is 43.5 Å². The fourth-order valence-corrected chi connectivity index (χ4v) is 7.16. The van der Waals surface area contributed by atoms with E-state index in [9.17, 15) is 24.0 Å². The van der Waals surface area contributed by atoms with Crippen molar-refractivity contribution in [3.05, 3.63) is 24.2 Å². The van der Waals surface area contributed by atoms with E-state index in [0.717, 1.165) is 89.0 Å². The van der Waals surface area contributed by atoms with Gasteiger partial charge in [-0.3, -0.25) is 28.9 Å². The molecule has 1 aromatic heterocycles. The van der Waals surface area contributed by atoms with Crippen LogP contribution in [-0.4, -0.2) is 115 Å². The highest BCUT2D eigenvalue weighted by Gasteiger charge is 2.36. The number of carbonyl (C=O) groups excluding carboxylic acids is 5. The normalized spacial score (nSPS) is 18.4. The van der Waals surface area contributed by atoms with E-state index in [1.54, 1.807) is 6.07 Å². The Morgan fingerprint density at radius 3 is 2.04 bits per heavy atom. The van der Waals surface area contributed by atoms with Crippen LogP contribution in [0.4, 0.5) is 0 Å². The fourth-order valence-electron chi connectivity index (χ4n) is 7.16. The van der Waals surface area contributed by atoms with Crippen LogP contribution in [0.25, 0.3) is 0 Å². The van der Waals surface area contributed by atoms with E-state index < -0.39 is 48.2 Å². The molecule has 2 aliphatic heterocycles. The predicted molar refractivity (Wildman–Crippen MR) is 196 cm³/mol. The third-order valence-corrected chi connectivity index (χ3v) is 9.92. The van der Waals surface area contributed by atoms with E-state index in [0.29, 0.717) is 31.8 Å². The van der Waals surface area contributed by atoms with Gasteiger partial charge in [0.2, 0.25) is 23.6 Å². The lowest BCUT2D eigenvalue weighted by Crippen LogP contribution is -2.56. The summed E-state index contributed by atoms with van der Waals surface area (Å²) >= 11 is 0. The van der Waals surface area contributed by atoms with Crippen molar-refractivity contribution in [2.45, 2.75) is 102 Å². The minimum Gasteiger partial charge on any atom is -0.459 e. The van der Waals surface area contributed by atoms with Crippen molar-refractivity contribution in [1.29, 1.82) is 0 Å². The molecule has 4 rings (SSSR count). The van der Waals surface area contributed by atoms with Crippen molar-refractivity contribution in [2.24, 2.45) is 11.7 Å². The van der Waals surface area contributed by atoms with Gasteiger partial charge in [0, 0.05) is 13.1 Å². The molecule has 1 aliphatic carbocycles. The molecular weight excluding hydrogens is 685 g/mol. The molecule has 1 aromatic rings. The summed E-state index contributed by atoms with van der Waals surface area (Å²) in [7, 11) is 0. The molecule has 2 atom stereocenters. The first-order valence-electron chi connectivity index (χ1n) is 18.2. The fraction of sp³-hybridized carbons (Fsp3) is 0.743. The topological polar surface area (TPSA) is 170 Å². The average molecular weight is 745 g/mol. The number of nitrogens with zero attached hydrogens (tertiary/aromatic N) is 3. The van der Waals surface area contributed by atoms with Crippen LogP contribution < -0.4 is 21.7 Å². The molecular formula is C35H59Cl2N7O6. The van der Waals surface area contributed by atoms with Gasteiger partial charge >= 0.3 is 0 Å². The Morgan fingerprint density at radius 1 is 0.800 bits per heavy atom. The van der Waals surface area contributed by atoms with Gasteiger partial charge in [-0.2, -0.15) is 0 Å². The summed E-state index contributed by atoms with van der Waals surface area (Å²) < 4.78 is 5.35. The highest BCUT2D eigenvalue weighted by molar-refractivity contribution is 6.07. The highest BCUT2D eigenvalue weighted by Crippen LogP contribution is 2.27. The van der Waals surface area contributed by atoms with Crippen LogP contribution in [0.1, 0.15) is 100 Å². The molecule has 3 heterocycles. The van der Waals surface area contributed by atoms with Gasteiger partial charge in [-0.05, 0) is 95.7 Å². The van der Waals surface area contributed by atoms with Crippen LogP contribution in [0.3, 0.4) is 0 Å². The molecule has 0 spiro atoms. The van der Waals surface area contributed by atoms with Crippen molar-refractivity contribution in [2.75, 3.05) is 58.9 Å².